The Balaban J connectivity index is 1.55. The van der Waals surface area contributed by atoms with Gasteiger partial charge in [-0.2, -0.15) is 10.2 Å². The Morgan fingerprint density at radius 3 is 2.79 bits per heavy atom. The molecule has 1 amide bonds. The smallest absolute Gasteiger partial charge is 0.228 e. The number of carbonyl (C=O) groups is 1. The summed E-state index contributed by atoms with van der Waals surface area (Å²) in [7, 11) is 1.83. The van der Waals surface area contributed by atoms with Gasteiger partial charge in [-0.25, -0.2) is 4.98 Å². The second-order valence-electron chi connectivity index (χ2n) is 9.10. The summed E-state index contributed by atoms with van der Waals surface area (Å²) in [5, 5.41) is 14.1. The Labute approximate surface area is 191 Å². The number of hydrogen-bond donors (Lipinski definition) is 2. The Kier molecular flexibility index (Phi) is 4.79. The lowest BCUT2D eigenvalue weighted by Crippen LogP contribution is -2.30. The maximum absolute atomic E-state index is 13.1. The van der Waals surface area contributed by atoms with E-state index in [9.17, 15) is 4.79 Å². The van der Waals surface area contributed by atoms with Crippen LogP contribution in [0.3, 0.4) is 0 Å². The molecule has 33 heavy (non-hydrogen) atoms. The number of aromatic nitrogens is 6. The highest BCUT2D eigenvalue weighted by molar-refractivity contribution is 5.99. The third kappa shape index (κ3) is 3.43. The zero-order valence-corrected chi connectivity index (χ0v) is 19.0. The minimum atomic E-state index is 0.0596. The van der Waals surface area contributed by atoms with Crippen LogP contribution in [0.5, 0.6) is 0 Å². The number of fused-ring (bicyclic) bond motifs is 6. The molecule has 0 atom stereocenters. The molecule has 2 N–H and O–H groups in total. The van der Waals surface area contributed by atoms with Gasteiger partial charge in [0, 0.05) is 72.4 Å². The van der Waals surface area contributed by atoms with E-state index in [4.69, 9.17) is 10.1 Å². The molecule has 4 bridgehead atoms. The molecule has 0 spiro atoms. The second kappa shape index (κ2) is 7.84. The highest BCUT2D eigenvalue weighted by Gasteiger charge is 2.25. The predicted octanol–water partition coefficient (Wildman–Crippen LogP) is 3.28. The average Bonchev–Trinajstić information content (AvgIpc) is 3.54. The number of nitrogens with one attached hydrogen (secondary N) is 2. The topological polar surface area (TPSA) is 96.7 Å². The summed E-state index contributed by atoms with van der Waals surface area (Å²) in [6.07, 6.45) is 11.3. The first-order valence-corrected chi connectivity index (χ1v) is 11.7. The van der Waals surface area contributed by atoms with Crippen LogP contribution >= 0.6 is 0 Å². The molecule has 1 saturated heterocycles. The number of amides is 1. The van der Waals surface area contributed by atoms with Gasteiger partial charge in [0.15, 0.2) is 5.82 Å². The monoisotopic (exact) mass is 444 g/mol. The van der Waals surface area contributed by atoms with E-state index < -0.39 is 0 Å². The molecule has 2 aliphatic rings. The third-order valence-electron chi connectivity index (χ3n) is 6.94. The molecule has 0 unspecified atom stereocenters. The Hall–Kier alpha value is -3.46. The molecule has 0 aliphatic carbocycles. The fraction of sp³-hybridized carbons (Fsp3) is 0.417. The van der Waals surface area contributed by atoms with Crippen molar-refractivity contribution in [1.82, 2.24) is 34.8 Å². The van der Waals surface area contributed by atoms with Gasteiger partial charge in [0.25, 0.3) is 0 Å². The fourth-order valence-electron chi connectivity index (χ4n) is 5.04. The number of piperidine rings is 1. The summed E-state index contributed by atoms with van der Waals surface area (Å²) in [5.74, 6) is 0.757. The van der Waals surface area contributed by atoms with Gasteiger partial charge in [0.05, 0.1) is 11.7 Å². The van der Waals surface area contributed by atoms with Gasteiger partial charge in [0.2, 0.25) is 5.91 Å². The first-order valence-electron chi connectivity index (χ1n) is 11.7. The van der Waals surface area contributed by atoms with E-state index in [1.807, 2.05) is 31.0 Å². The average molecular weight is 445 g/mol. The van der Waals surface area contributed by atoms with Crippen molar-refractivity contribution in [2.45, 2.75) is 45.2 Å². The minimum Gasteiger partial charge on any atom is -0.346 e. The molecule has 6 heterocycles. The van der Waals surface area contributed by atoms with Gasteiger partial charge in [-0.3, -0.25) is 19.1 Å². The van der Waals surface area contributed by atoms with E-state index in [2.05, 4.69) is 38.5 Å². The summed E-state index contributed by atoms with van der Waals surface area (Å²) in [6.45, 7) is 4.69. The van der Waals surface area contributed by atoms with Gasteiger partial charge in [-0.1, -0.05) is 0 Å². The van der Waals surface area contributed by atoms with Crippen molar-refractivity contribution in [1.29, 1.82) is 0 Å². The number of hydrogen-bond acceptors (Lipinski definition) is 5. The Bertz CT molecular complexity index is 1340. The molecule has 9 nitrogen and oxygen atoms in total. The van der Waals surface area contributed by atoms with Crippen LogP contribution in [-0.4, -0.2) is 55.6 Å². The first kappa shape index (κ1) is 20.2. The van der Waals surface area contributed by atoms with E-state index in [0.29, 0.717) is 24.8 Å². The van der Waals surface area contributed by atoms with Crippen molar-refractivity contribution in [2.24, 2.45) is 0 Å². The zero-order chi connectivity index (χ0) is 22.5. The molecule has 0 saturated carbocycles. The Morgan fingerprint density at radius 1 is 1.09 bits per heavy atom. The van der Waals surface area contributed by atoms with Crippen LogP contribution in [0.15, 0.2) is 30.9 Å². The number of aromatic amines is 1. The van der Waals surface area contributed by atoms with E-state index in [-0.39, 0.29) is 5.91 Å². The van der Waals surface area contributed by atoms with Gasteiger partial charge in [-0.05, 0) is 45.3 Å². The predicted molar refractivity (Wildman–Crippen MR) is 127 cm³/mol. The molecule has 170 valence electrons. The molecule has 6 rings (SSSR count). The maximum Gasteiger partial charge on any atom is 0.228 e. The number of nitrogens with zero attached hydrogens (tertiary/aromatic N) is 6. The largest absolute Gasteiger partial charge is 0.346 e. The van der Waals surface area contributed by atoms with E-state index >= 15 is 0 Å². The lowest BCUT2D eigenvalue weighted by molar-refractivity contribution is -0.118. The number of rotatable bonds is 1. The molecular weight excluding hydrogens is 416 g/mol. The van der Waals surface area contributed by atoms with Gasteiger partial charge in [-0.15, -0.1) is 0 Å². The summed E-state index contributed by atoms with van der Waals surface area (Å²) in [6, 6.07) is 2.49. The lowest BCUT2D eigenvalue weighted by Gasteiger charge is -2.23. The van der Waals surface area contributed by atoms with Crippen molar-refractivity contribution >= 4 is 22.8 Å². The van der Waals surface area contributed by atoms with E-state index in [1.165, 1.54) is 0 Å². The molecule has 1 fully saturated rings. The van der Waals surface area contributed by atoms with Crippen LogP contribution in [0, 0.1) is 6.92 Å². The summed E-state index contributed by atoms with van der Waals surface area (Å²) in [4.78, 5) is 22.8. The Morgan fingerprint density at radius 2 is 1.94 bits per heavy atom. The van der Waals surface area contributed by atoms with Crippen LogP contribution < -0.4 is 10.2 Å². The van der Waals surface area contributed by atoms with Crippen molar-refractivity contribution in [2.75, 3.05) is 25.0 Å². The highest BCUT2D eigenvalue weighted by atomic mass is 16.2. The fourth-order valence-corrected chi connectivity index (χ4v) is 5.04. The molecule has 0 radical (unpaired) electrons. The summed E-state index contributed by atoms with van der Waals surface area (Å²) < 4.78 is 4.00. The normalized spacial score (nSPS) is 17.5. The van der Waals surface area contributed by atoms with Crippen molar-refractivity contribution in [3.8, 4) is 22.3 Å². The van der Waals surface area contributed by atoms with E-state index in [0.717, 1.165) is 71.3 Å². The number of aryl methyl sites for hydroxylation is 2. The first-order chi connectivity index (χ1) is 16.1. The third-order valence-corrected chi connectivity index (χ3v) is 6.94. The second-order valence-corrected chi connectivity index (χ2v) is 9.10. The number of H-pyrrole nitrogens is 1. The maximum atomic E-state index is 13.1. The summed E-state index contributed by atoms with van der Waals surface area (Å²) in [5.41, 5.74) is 5.89. The van der Waals surface area contributed by atoms with Gasteiger partial charge >= 0.3 is 0 Å². The van der Waals surface area contributed by atoms with Crippen molar-refractivity contribution < 1.29 is 4.79 Å². The molecule has 9 heteroatoms. The number of anilines is 1. The number of pyridine rings is 1. The molecular formula is C24H28N8O. The minimum absolute atomic E-state index is 0.0596. The van der Waals surface area contributed by atoms with Crippen LogP contribution in [-0.2, 0) is 11.3 Å². The van der Waals surface area contributed by atoms with Crippen LogP contribution in [0.1, 0.15) is 37.4 Å². The lowest BCUT2D eigenvalue weighted by atomic mass is 10.0. The van der Waals surface area contributed by atoms with Crippen molar-refractivity contribution in [3.63, 3.8) is 0 Å². The van der Waals surface area contributed by atoms with Gasteiger partial charge in [0.1, 0.15) is 5.65 Å². The molecule has 4 aromatic rings. The zero-order valence-electron chi connectivity index (χ0n) is 19.0. The van der Waals surface area contributed by atoms with Crippen LogP contribution in [0.2, 0.25) is 0 Å². The van der Waals surface area contributed by atoms with Crippen molar-refractivity contribution in [3.05, 3.63) is 36.5 Å². The molecule has 4 aromatic heterocycles. The summed E-state index contributed by atoms with van der Waals surface area (Å²) >= 11 is 0. The molecule has 2 aliphatic heterocycles. The SMILES string of the molecule is Cc1nn2cc1-c1c[nH]c3ncc(cc13)-c1cn(C3CCNCC3)nc1N(C)C(=O)CCC2. The number of carbonyl (C=O) groups excluding carboxylic acids is 1. The highest BCUT2D eigenvalue weighted by Crippen LogP contribution is 2.36. The standard InChI is InChI=1S/C24H28N8O/c1-15-20-13-31(28-15)9-3-4-22(33)30(2)24-21(14-32(29-24)17-5-7-25-8-6-17)16-10-18-19(20)12-27-23(18)26-11-16/h10-14,17,25H,3-9H2,1-2H3,(H,26,27). The molecule has 0 aromatic carbocycles. The van der Waals surface area contributed by atoms with E-state index in [1.54, 1.807) is 4.90 Å². The van der Waals surface area contributed by atoms with Crippen LogP contribution in [0.4, 0.5) is 5.82 Å². The van der Waals surface area contributed by atoms with Crippen LogP contribution in [0.25, 0.3) is 33.3 Å². The van der Waals surface area contributed by atoms with Gasteiger partial charge < -0.3 is 10.3 Å². The quantitative estimate of drug-likeness (QED) is 0.470.